The van der Waals surface area contributed by atoms with E-state index in [0.717, 1.165) is 6.07 Å². The van der Waals surface area contributed by atoms with E-state index < -0.39 is 23.1 Å². The summed E-state index contributed by atoms with van der Waals surface area (Å²) in [6, 6.07) is 4.97. The lowest BCUT2D eigenvalue weighted by Gasteiger charge is -2.44. The molecule has 0 radical (unpaired) electrons. The number of carbonyl (C=O) groups is 1. The van der Waals surface area contributed by atoms with Gasteiger partial charge in [-0.05, 0) is 30.4 Å². The normalized spacial score (nSPS) is 27.7. The summed E-state index contributed by atoms with van der Waals surface area (Å²) in [6.07, 6.45) is -4.00. The fraction of sp³-hybridized carbons (Fsp3) is 0.462. The van der Waals surface area contributed by atoms with E-state index in [1.807, 2.05) is 6.92 Å². The third kappa shape index (κ3) is 1.87. The zero-order valence-corrected chi connectivity index (χ0v) is 9.79. The largest absolute Gasteiger partial charge is 0.481 e. The molecule has 0 atom stereocenters. The van der Waals surface area contributed by atoms with Crippen LogP contribution >= 0.6 is 0 Å². The van der Waals surface area contributed by atoms with Crippen LogP contribution in [0.25, 0.3) is 0 Å². The summed E-state index contributed by atoms with van der Waals surface area (Å²) in [6.45, 7) is 1.84. The molecule has 1 aromatic carbocycles. The van der Waals surface area contributed by atoms with Gasteiger partial charge in [-0.2, -0.15) is 13.2 Å². The SMILES string of the molecule is CC1CC(C(=O)O)(c2ccccc2C(F)(F)F)C1. The molecule has 0 spiro atoms. The third-order valence-corrected chi connectivity index (χ3v) is 3.55. The van der Waals surface area contributed by atoms with Gasteiger partial charge < -0.3 is 5.11 Å². The molecule has 2 rings (SSSR count). The second kappa shape index (κ2) is 4.00. The Balaban J connectivity index is 2.54. The molecule has 2 nitrogen and oxygen atoms in total. The Bertz CT molecular complexity index is 473. The van der Waals surface area contributed by atoms with Gasteiger partial charge in [-0.3, -0.25) is 4.79 Å². The second-order valence-electron chi connectivity index (χ2n) is 4.94. The van der Waals surface area contributed by atoms with E-state index in [-0.39, 0.29) is 24.3 Å². The molecule has 98 valence electrons. The van der Waals surface area contributed by atoms with Crippen molar-refractivity contribution in [2.75, 3.05) is 0 Å². The molecule has 18 heavy (non-hydrogen) atoms. The van der Waals surface area contributed by atoms with Gasteiger partial charge in [0.25, 0.3) is 0 Å². The Hall–Kier alpha value is -1.52. The molecule has 0 bridgehead atoms. The van der Waals surface area contributed by atoms with Crippen LogP contribution in [0.2, 0.25) is 0 Å². The fourth-order valence-corrected chi connectivity index (χ4v) is 2.79. The Labute approximate surface area is 102 Å². The molecule has 0 aliphatic heterocycles. The standard InChI is InChI=1S/C13H13F3O2/c1-8-6-12(7-8,11(17)18)9-4-2-3-5-10(9)13(14,15)16/h2-5,8H,6-7H2,1H3,(H,17,18). The molecule has 0 saturated heterocycles. The minimum Gasteiger partial charge on any atom is -0.481 e. The number of aliphatic carboxylic acids is 1. The van der Waals surface area contributed by atoms with Gasteiger partial charge in [-0.1, -0.05) is 25.1 Å². The van der Waals surface area contributed by atoms with E-state index in [2.05, 4.69) is 0 Å². The zero-order valence-electron chi connectivity index (χ0n) is 9.79. The lowest BCUT2D eigenvalue weighted by molar-refractivity contribution is -0.151. The van der Waals surface area contributed by atoms with Crippen LogP contribution in [-0.2, 0) is 16.4 Å². The molecule has 1 aliphatic rings. The highest BCUT2D eigenvalue weighted by atomic mass is 19.4. The monoisotopic (exact) mass is 258 g/mol. The minimum absolute atomic E-state index is 0.108. The topological polar surface area (TPSA) is 37.3 Å². The van der Waals surface area contributed by atoms with Crippen molar-refractivity contribution in [3.63, 3.8) is 0 Å². The molecule has 0 amide bonds. The van der Waals surface area contributed by atoms with Gasteiger partial charge in [-0.25, -0.2) is 0 Å². The van der Waals surface area contributed by atoms with E-state index in [4.69, 9.17) is 0 Å². The molecular weight excluding hydrogens is 245 g/mol. The molecule has 1 aromatic rings. The summed E-state index contributed by atoms with van der Waals surface area (Å²) in [5.74, 6) is -1.03. The maximum absolute atomic E-state index is 12.9. The highest BCUT2D eigenvalue weighted by molar-refractivity contribution is 5.83. The van der Waals surface area contributed by atoms with E-state index in [0.29, 0.717) is 0 Å². The lowest BCUT2D eigenvalue weighted by Crippen LogP contribution is -2.48. The summed E-state index contributed by atoms with van der Waals surface area (Å²) in [7, 11) is 0. The smallest absolute Gasteiger partial charge is 0.416 e. The predicted octanol–water partition coefficient (Wildman–Crippen LogP) is 3.46. The number of carboxylic acids is 1. The highest BCUT2D eigenvalue weighted by Crippen LogP contribution is 2.51. The fourth-order valence-electron chi connectivity index (χ4n) is 2.79. The number of carboxylic acid groups (broad SMARTS) is 1. The third-order valence-electron chi connectivity index (χ3n) is 3.55. The molecule has 1 N–H and O–H groups in total. The van der Waals surface area contributed by atoms with Gasteiger partial charge in [0.1, 0.15) is 0 Å². The van der Waals surface area contributed by atoms with Crippen molar-refractivity contribution in [3.05, 3.63) is 35.4 Å². The van der Waals surface area contributed by atoms with Gasteiger partial charge in [0.15, 0.2) is 0 Å². The predicted molar refractivity (Wildman–Crippen MR) is 59.2 cm³/mol. The summed E-state index contributed by atoms with van der Waals surface area (Å²) >= 11 is 0. The number of alkyl halides is 3. The second-order valence-corrected chi connectivity index (χ2v) is 4.94. The number of hydrogen-bond donors (Lipinski definition) is 1. The average Bonchev–Trinajstić information content (AvgIpc) is 2.23. The van der Waals surface area contributed by atoms with Crippen LogP contribution in [-0.4, -0.2) is 11.1 Å². The van der Waals surface area contributed by atoms with E-state index >= 15 is 0 Å². The first-order chi connectivity index (χ1) is 8.27. The van der Waals surface area contributed by atoms with Crippen LogP contribution in [0.15, 0.2) is 24.3 Å². The van der Waals surface area contributed by atoms with Crippen molar-refractivity contribution in [2.45, 2.75) is 31.4 Å². The molecule has 0 heterocycles. The van der Waals surface area contributed by atoms with Gasteiger partial charge in [0, 0.05) is 0 Å². The van der Waals surface area contributed by atoms with Crippen LogP contribution in [0.5, 0.6) is 0 Å². The molecule has 1 fully saturated rings. The molecule has 0 unspecified atom stereocenters. The maximum atomic E-state index is 12.9. The average molecular weight is 258 g/mol. The Morgan fingerprint density at radius 2 is 1.89 bits per heavy atom. The molecule has 5 heteroatoms. The van der Waals surface area contributed by atoms with Crippen molar-refractivity contribution in [1.29, 1.82) is 0 Å². The molecule has 1 aliphatic carbocycles. The van der Waals surface area contributed by atoms with Gasteiger partial charge >= 0.3 is 12.1 Å². The van der Waals surface area contributed by atoms with Crippen LogP contribution in [0, 0.1) is 5.92 Å². The first-order valence-corrected chi connectivity index (χ1v) is 5.67. The van der Waals surface area contributed by atoms with Crippen molar-refractivity contribution in [1.82, 2.24) is 0 Å². The summed E-state index contributed by atoms with van der Waals surface area (Å²) in [5, 5.41) is 9.28. The molecular formula is C13H13F3O2. The summed E-state index contributed by atoms with van der Waals surface area (Å²) in [5.41, 5.74) is -2.31. The van der Waals surface area contributed by atoms with Crippen LogP contribution in [0.1, 0.15) is 30.9 Å². The van der Waals surface area contributed by atoms with Crippen molar-refractivity contribution in [3.8, 4) is 0 Å². The van der Waals surface area contributed by atoms with E-state index in [1.165, 1.54) is 18.2 Å². The van der Waals surface area contributed by atoms with Crippen molar-refractivity contribution in [2.24, 2.45) is 5.92 Å². The first kappa shape index (κ1) is 12.9. The maximum Gasteiger partial charge on any atom is 0.416 e. The van der Waals surface area contributed by atoms with Gasteiger partial charge in [-0.15, -0.1) is 0 Å². The number of rotatable bonds is 2. The molecule has 0 aromatic heterocycles. The van der Waals surface area contributed by atoms with Crippen LogP contribution in [0.4, 0.5) is 13.2 Å². The van der Waals surface area contributed by atoms with E-state index in [1.54, 1.807) is 0 Å². The Morgan fingerprint density at radius 3 is 2.33 bits per heavy atom. The summed E-state index contributed by atoms with van der Waals surface area (Å²) in [4.78, 5) is 11.4. The summed E-state index contributed by atoms with van der Waals surface area (Å²) < 4.78 is 38.7. The number of benzene rings is 1. The minimum atomic E-state index is -4.52. The molecule has 1 saturated carbocycles. The number of halogens is 3. The van der Waals surface area contributed by atoms with Crippen LogP contribution < -0.4 is 0 Å². The van der Waals surface area contributed by atoms with Gasteiger partial charge in [0.2, 0.25) is 0 Å². The Morgan fingerprint density at radius 1 is 1.33 bits per heavy atom. The zero-order chi connectivity index (χ0) is 13.6. The van der Waals surface area contributed by atoms with E-state index in [9.17, 15) is 23.1 Å². The lowest BCUT2D eigenvalue weighted by atomic mass is 9.58. The van der Waals surface area contributed by atoms with Gasteiger partial charge in [0.05, 0.1) is 11.0 Å². The Kier molecular flexibility index (Phi) is 2.87. The van der Waals surface area contributed by atoms with Crippen molar-refractivity contribution >= 4 is 5.97 Å². The highest BCUT2D eigenvalue weighted by Gasteiger charge is 2.53. The quantitative estimate of drug-likeness (QED) is 0.882. The van der Waals surface area contributed by atoms with Crippen LogP contribution in [0.3, 0.4) is 0 Å². The van der Waals surface area contributed by atoms with Crippen molar-refractivity contribution < 1.29 is 23.1 Å². The first-order valence-electron chi connectivity index (χ1n) is 5.67. The number of hydrogen-bond acceptors (Lipinski definition) is 1.